The largest absolute Gasteiger partial charge is 0.573 e. The summed E-state index contributed by atoms with van der Waals surface area (Å²) in [6.45, 7) is 4.52. The fourth-order valence-corrected chi connectivity index (χ4v) is 4.85. The third-order valence-electron chi connectivity index (χ3n) is 6.52. The van der Waals surface area contributed by atoms with Gasteiger partial charge in [0.2, 0.25) is 0 Å². The number of nitrogens with zero attached hydrogens (tertiary/aromatic N) is 3. The highest BCUT2D eigenvalue weighted by Gasteiger charge is 2.33. The maximum atomic E-state index is 13.3. The van der Waals surface area contributed by atoms with Crippen molar-refractivity contribution in [1.82, 2.24) is 20.0 Å². The van der Waals surface area contributed by atoms with Crippen molar-refractivity contribution in [2.75, 3.05) is 13.1 Å². The van der Waals surface area contributed by atoms with Crippen LogP contribution in [0, 0.1) is 0 Å². The summed E-state index contributed by atoms with van der Waals surface area (Å²) in [5.41, 5.74) is 3.08. The average molecular weight is 465 g/mol. The van der Waals surface area contributed by atoms with Crippen molar-refractivity contribution >= 4 is 5.91 Å². The molecule has 9 heteroatoms. The third kappa shape index (κ3) is 5.69. The van der Waals surface area contributed by atoms with Crippen LogP contribution in [0.4, 0.5) is 13.2 Å². The van der Waals surface area contributed by atoms with E-state index < -0.39 is 6.36 Å². The third-order valence-corrected chi connectivity index (χ3v) is 6.52. The smallest absolute Gasteiger partial charge is 0.405 e. The molecular weight excluding hydrogens is 433 g/mol. The number of aryl methyl sites for hydroxylation is 1. The molecule has 1 fully saturated rings. The molecule has 1 aromatic carbocycles. The molecule has 33 heavy (non-hydrogen) atoms. The number of carbonyl (C=O) groups excluding carboxylic acids is 1. The van der Waals surface area contributed by atoms with Crippen LogP contribution in [-0.2, 0) is 25.9 Å². The molecule has 0 unspecified atom stereocenters. The lowest BCUT2D eigenvalue weighted by Crippen LogP contribution is -2.36. The van der Waals surface area contributed by atoms with Gasteiger partial charge in [0.15, 0.2) is 5.69 Å². The zero-order chi connectivity index (χ0) is 23.4. The lowest BCUT2D eigenvalue weighted by atomic mass is 9.90. The molecule has 1 aliphatic carbocycles. The number of amides is 1. The van der Waals surface area contributed by atoms with Crippen LogP contribution >= 0.6 is 0 Å². The molecule has 0 saturated carbocycles. The Morgan fingerprint density at radius 1 is 1.18 bits per heavy atom. The van der Waals surface area contributed by atoms with Crippen LogP contribution < -0.4 is 10.1 Å². The van der Waals surface area contributed by atoms with Gasteiger partial charge in [-0.1, -0.05) is 31.0 Å². The van der Waals surface area contributed by atoms with E-state index in [0.29, 0.717) is 24.2 Å². The van der Waals surface area contributed by atoms with Gasteiger partial charge in [-0.2, -0.15) is 5.10 Å². The van der Waals surface area contributed by atoms with Gasteiger partial charge in [0, 0.05) is 49.0 Å². The summed E-state index contributed by atoms with van der Waals surface area (Å²) in [5.74, 6) is -0.185. The Morgan fingerprint density at radius 2 is 1.91 bits per heavy atom. The maximum Gasteiger partial charge on any atom is 0.573 e. The highest BCUT2D eigenvalue weighted by atomic mass is 19.4. The number of aromatic nitrogens is 2. The van der Waals surface area contributed by atoms with Gasteiger partial charge in [-0.3, -0.25) is 9.48 Å². The standard InChI is InChI=1S/C24H31F3N4O2/c1-2-31-20-12-11-18(28-16-17-9-5-6-10-21(17)33-24(25,26)27)15-19(20)22(29-31)23(32)30-13-7-3-4-8-14-30/h5-6,9-10,18,28H,2-4,7-8,11-16H2,1H3/t18-/m1/s1. The van der Waals surface area contributed by atoms with E-state index in [4.69, 9.17) is 0 Å². The van der Waals surface area contributed by atoms with E-state index in [-0.39, 0.29) is 24.2 Å². The second-order valence-corrected chi connectivity index (χ2v) is 8.77. The SMILES string of the molecule is CCn1nc(C(=O)N2CCCCCC2)c2c1CC[C@@H](NCc1ccccc1OC(F)(F)F)C2. The van der Waals surface area contributed by atoms with Crippen molar-refractivity contribution < 1.29 is 22.7 Å². The van der Waals surface area contributed by atoms with Gasteiger partial charge in [0.05, 0.1) is 0 Å². The molecule has 1 aliphatic heterocycles. The number of carbonyl (C=O) groups is 1. The number of ether oxygens (including phenoxy) is 1. The molecule has 0 radical (unpaired) electrons. The first-order chi connectivity index (χ1) is 15.9. The first-order valence-electron chi connectivity index (χ1n) is 11.8. The topological polar surface area (TPSA) is 59.4 Å². The lowest BCUT2D eigenvalue weighted by molar-refractivity contribution is -0.274. The Bertz CT molecular complexity index is 965. The number of nitrogens with one attached hydrogen (secondary N) is 1. The normalized spacial score (nSPS) is 19.2. The quantitative estimate of drug-likeness (QED) is 0.686. The van der Waals surface area contributed by atoms with Crippen molar-refractivity contribution in [3.63, 3.8) is 0 Å². The molecule has 2 aromatic rings. The molecule has 1 saturated heterocycles. The molecule has 4 rings (SSSR count). The van der Waals surface area contributed by atoms with E-state index in [1.54, 1.807) is 12.1 Å². The number of fused-ring (bicyclic) bond motifs is 1. The van der Waals surface area contributed by atoms with Gasteiger partial charge in [-0.05, 0) is 45.1 Å². The van der Waals surface area contributed by atoms with Gasteiger partial charge >= 0.3 is 6.36 Å². The highest BCUT2D eigenvalue weighted by molar-refractivity contribution is 5.94. The van der Waals surface area contributed by atoms with Crippen molar-refractivity contribution in [3.05, 3.63) is 46.8 Å². The fraction of sp³-hybridized carbons (Fsp3) is 0.583. The average Bonchev–Trinajstić information content (AvgIpc) is 2.94. The minimum Gasteiger partial charge on any atom is -0.405 e. The summed E-state index contributed by atoms with van der Waals surface area (Å²) in [7, 11) is 0. The number of hydrogen-bond donors (Lipinski definition) is 1. The van der Waals surface area contributed by atoms with E-state index >= 15 is 0 Å². The summed E-state index contributed by atoms with van der Waals surface area (Å²) in [6, 6.07) is 6.22. The Morgan fingerprint density at radius 3 is 2.61 bits per heavy atom. The van der Waals surface area contributed by atoms with Crippen LogP contribution in [-0.4, -0.2) is 46.1 Å². The monoisotopic (exact) mass is 464 g/mol. The summed E-state index contributed by atoms with van der Waals surface area (Å²) in [5, 5.41) is 8.05. The minimum atomic E-state index is -4.73. The zero-order valence-electron chi connectivity index (χ0n) is 19.0. The summed E-state index contributed by atoms with van der Waals surface area (Å²) >= 11 is 0. The number of likely N-dealkylation sites (tertiary alicyclic amines) is 1. The zero-order valence-corrected chi connectivity index (χ0v) is 19.0. The number of halogens is 3. The van der Waals surface area contributed by atoms with Gasteiger partial charge < -0.3 is 15.0 Å². The van der Waals surface area contributed by atoms with Crippen LogP contribution in [0.2, 0.25) is 0 Å². The Balaban J connectivity index is 1.48. The highest BCUT2D eigenvalue weighted by Crippen LogP contribution is 2.29. The number of para-hydroxylation sites is 1. The molecule has 1 aromatic heterocycles. The summed E-state index contributed by atoms with van der Waals surface area (Å²) in [6.07, 6.45) is 1.85. The molecule has 6 nitrogen and oxygen atoms in total. The van der Waals surface area contributed by atoms with E-state index in [1.807, 2.05) is 16.5 Å². The van der Waals surface area contributed by atoms with E-state index in [1.165, 1.54) is 12.1 Å². The fourth-order valence-electron chi connectivity index (χ4n) is 4.85. The predicted octanol–water partition coefficient (Wildman–Crippen LogP) is 4.46. The minimum absolute atomic E-state index is 0.00456. The van der Waals surface area contributed by atoms with Gasteiger partial charge in [-0.25, -0.2) is 0 Å². The molecule has 0 bridgehead atoms. The molecule has 1 amide bonds. The van der Waals surface area contributed by atoms with Crippen molar-refractivity contribution in [2.24, 2.45) is 0 Å². The van der Waals surface area contributed by atoms with Crippen molar-refractivity contribution in [1.29, 1.82) is 0 Å². The summed E-state index contributed by atoms with van der Waals surface area (Å²) in [4.78, 5) is 15.3. The van der Waals surface area contributed by atoms with E-state index in [2.05, 4.69) is 15.2 Å². The van der Waals surface area contributed by atoms with Crippen LogP contribution in [0.1, 0.15) is 66.3 Å². The number of alkyl halides is 3. The Kier molecular flexibility index (Phi) is 7.26. The molecular formula is C24H31F3N4O2. The molecule has 0 spiro atoms. The van der Waals surface area contributed by atoms with Crippen LogP contribution in [0.3, 0.4) is 0 Å². The van der Waals surface area contributed by atoms with Gasteiger partial charge in [0.25, 0.3) is 5.91 Å². The molecule has 1 N–H and O–H groups in total. The second kappa shape index (κ2) is 10.2. The molecule has 2 aliphatic rings. The Hall–Kier alpha value is -2.55. The van der Waals surface area contributed by atoms with Crippen LogP contribution in [0.15, 0.2) is 24.3 Å². The second-order valence-electron chi connectivity index (χ2n) is 8.77. The number of rotatable bonds is 6. The molecule has 180 valence electrons. The first-order valence-corrected chi connectivity index (χ1v) is 11.8. The molecule has 2 heterocycles. The van der Waals surface area contributed by atoms with Crippen LogP contribution in [0.25, 0.3) is 0 Å². The van der Waals surface area contributed by atoms with E-state index in [0.717, 1.165) is 62.9 Å². The predicted molar refractivity (Wildman–Crippen MR) is 118 cm³/mol. The van der Waals surface area contributed by atoms with Crippen molar-refractivity contribution in [2.45, 2.75) is 77.4 Å². The number of benzene rings is 1. The van der Waals surface area contributed by atoms with E-state index in [9.17, 15) is 18.0 Å². The first kappa shape index (κ1) is 23.6. The van der Waals surface area contributed by atoms with Crippen molar-refractivity contribution in [3.8, 4) is 5.75 Å². The number of hydrogen-bond acceptors (Lipinski definition) is 4. The lowest BCUT2D eigenvalue weighted by Gasteiger charge is -2.26. The Labute approximate surface area is 192 Å². The summed E-state index contributed by atoms with van der Waals surface area (Å²) < 4.78 is 44.3. The van der Waals surface area contributed by atoms with Gasteiger partial charge in [-0.15, -0.1) is 13.2 Å². The van der Waals surface area contributed by atoms with Crippen LogP contribution in [0.5, 0.6) is 5.75 Å². The van der Waals surface area contributed by atoms with Gasteiger partial charge in [0.1, 0.15) is 5.75 Å². The maximum absolute atomic E-state index is 13.3. The molecule has 1 atom stereocenters.